The highest BCUT2D eigenvalue weighted by Crippen LogP contribution is 2.44. The molecule has 1 aromatic carbocycles. The minimum Gasteiger partial charge on any atom is -0.474 e. The summed E-state index contributed by atoms with van der Waals surface area (Å²) in [7, 11) is -0.951. The minimum absolute atomic E-state index is 0.0254. The van der Waals surface area contributed by atoms with Crippen molar-refractivity contribution in [1.82, 2.24) is 20.3 Å². The maximum atomic E-state index is 16.4. The van der Waals surface area contributed by atoms with Crippen molar-refractivity contribution in [3.63, 3.8) is 0 Å². The molecule has 4 N–H and O–H groups in total. The number of aromatic nitrogens is 3. The third kappa shape index (κ3) is 6.01. The van der Waals surface area contributed by atoms with E-state index in [0.29, 0.717) is 56.5 Å². The van der Waals surface area contributed by atoms with Gasteiger partial charge in [-0.3, -0.25) is 4.21 Å². The van der Waals surface area contributed by atoms with E-state index in [0.717, 1.165) is 6.92 Å². The van der Waals surface area contributed by atoms with Crippen LogP contribution >= 0.6 is 0 Å². The lowest BCUT2D eigenvalue weighted by Crippen LogP contribution is -2.28. The second kappa shape index (κ2) is 11.5. The number of alkyl halides is 3. The van der Waals surface area contributed by atoms with E-state index in [9.17, 15) is 21.8 Å². The number of nitrogens with two attached hydrogens (primary N) is 1. The summed E-state index contributed by atoms with van der Waals surface area (Å²) >= 11 is 0. The van der Waals surface area contributed by atoms with E-state index in [1.165, 1.54) is 0 Å². The van der Waals surface area contributed by atoms with Crippen LogP contribution in [0.15, 0.2) is 6.07 Å². The first kappa shape index (κ1) is 29.2. The molecule has 5 rings (SSSR count). The fourth-order valence-electron chi connectivity index (χ4n) is 4.92. The van der Waals surface area contributed by atoms with Crippen molar-refractivity contribution in [2.24, 2.45) is 0 Å². The van der Waals surface area contributed by atoms with Gasteiger partial charge in [0.05, 0.1) is 17.4 Å². The van der Waals surface area contributed by atoms with Gasteiger partial charge in [-0.05, 0) is 51.3 Å². The number of halogens is 5. The van der Waals surface area contributed by atoms with Crippen LogP contribution in [0, 0.1) is 18.6 Å². The summed E-state index contributed by atoms with van der Waals surface area (Å²) in [5.74, 6) is -1.67. The molecule has 2 aliphatic rings. The van der Waals surface area contributed by atoms with Crippen molar-refractivity contribution in [2.45, 2.75) is 51.5 Å². The fraction of sp³-hybridized carbons (Fsp3) is 0.500. The second-order valence-electron chi connectivity index (χ2n) is 10.0. The molecule has 1 atom stereocenters. The van der Waals surface area contributed by atoms with E-state index in [1.54, 1.807) is 6.92 Å². The van der Waals surface area contributed by atoms with Crippen LogP contribution in [0.25, 0.3) is 22.2 Å². The van der Waals surface area contributed by atoms with Crippen LogP contribution in [0.1, 0.15) is 37.3 Å². The molecule has 1 fully saturated rings. The van der Waals surface area contributed by atoms with Crippen LogP contribution in [0.4, 0.5) is 33.5 Å². The zero-order valence-corrected chi connectivity index (χ0v) is 23.1. The number of benzene rings is 1. The van der Waals surface area contributed by atoms with Gasteiger partial charge in [0, 0.05) is 41.0 Å². The molecule has 3 aromatic rings. The Labute approximate surface area is 234 Å². The maximum absolute atomic E-state index is 16.4. The summed E-state index contributed by atoms with van der Waals surface area (Å²) in [5.41, 5.74) is 1.02. The van der Waals surface area contributed by atoms with Gasteiger partial charge >= 0.3 is 12.2 Å². The molecular formula is C26H29F5N6O3S. The van der Waals surface area contributed by atoms with Gasteiger partial charge in [-0.15, -0.1) is 0 Å². The average Bonchev–Trinajstić information content (AvgIpc) is 2.94. The first-order chi connectivity index (χ1) is 19.4. The number of anilines is 2. The van der Waals surface area contributed by atoms with Crippen LogP contribution < -0.4 is 25.8 Å². The highest BCUT2D eigenvalue weighted by atomic mass is 32.2. The largest absolute Gasteiger partial charge is 0.474 e. The van der Waals surface area contributed by atoms with Gasteiger partial charge < -0.3 is 25.8 Å². The van der Waals surface area contributed by atoms with Gasteiger partial charge in [-0.1, -0.05) is 0 Å². The number of nitrogens with one attached hydrogen (secondary N) is 2. The summed E-state index contributed by atoms with van der Waals surface area (Å²) in [6.07, 6.45) is -4.43. The van der Waals surface area contributed by atoms with Crippen LogP contribution in [0.3, 0.4) is 0 Å². The van der Waals surface area contributed by atoms with Gasteiger partial charge in [0.25, 0.3) is 0 Å². The molecule has 0 saturated carbocycles. The second-order valence-corrected chi connectivity index (χ2v) is 11.7. The quantitative estimate of drug-likeness (QED) is 0.298. The molecule has 2 aliphatic heterocycles. The number of hydrogen-bond donors (Lipinski definition) is 3. The summed E-state index contributed by atoms with van der Waals surface area (Å²) in [6.45, 7) is 4.15. The number of ether oxygens (including phenoxy) is 2. The van der Waals surface area contributed by atoms with E-state index in [2.05, 4.69) is 25.6 Å². The summed E-state index contributed by atoms with van der Waals surface area (Å²) in [4.78, 5) is 12.9. The van der Waals surface area contributed by atoms with E-state index >= 15 is 4.39 Å². The van der Waals surface area contributed by atoms with E-state index in [1.807, 2.05) is 0 Å². The SMILES string of the molecule is Cc1c(F)c(N)cc(-c2nc3c4c(nc(OC5CCS(=O)CC5)nc4c2F)NCCNCCC(C)O3)c1C(F)(F)F. The smallest absolute Gasteiger partial charge is 0.417 e. The van der Waals surface area contributed by atoms with Crippen LogP contribution in [0.2, 0.25) is 0 Å². The molecule has 15 heteroatoms. The molecular weight excluding hydrogens is 571 g/mol. The molecule has 9 nitrogen and oxygen atoms in total. The molecule has 4 heterocycles. The molecule has 1 saturated heterocycles. The number of hydrogen-bond acceptors (Lipinski definition) is 9. The lowest BCUT2D eigenvalue weighted by Gasteiger charge is -2.23. The molecule has 0 spiro atoms. The van der Waals surface area contributed by atoms with Crippen molar-refractivity contribution in [1.29, 1.82) is 0 Å². The van der Waals surface area contributed by atoms with Crippen LogP contribution in [0.5, 0.6) is 11.9 Å². The van der Waals surface area contributed by atoms with Crippen LogP contribution in [-0.4, -0.2) is 62.5 Å². The highest BCUT2D eigenvalue weighted by molar-refractivity contribution is 7.85. The zero-order chi connectivity index (χ0) is 29.5. The molecule has 2 aromatic heterocycles. The van der Waals surface area contributed by atoms with E-state index in [4.69, 9.17) is 15.2 Å². The molecule has 41 heavy (non-hydrogen) atoms. The van der Waals surface area contributed by atoms with Crippen LogP contribution in [-0.2, 0) is 17.0 Å². The predicted octanol–water partition coefficient (Wildman–Crippen LogP) is 4.34. The topological polar surface area (TPSA) is 124 Å². The fourth-order valence-corrected chi connectivity index (χ4v) is 6.18. The standard InChI is InChI=1S/C26H29F5N6O3S/c1-12-3-6-33-7-8-34-23-17-22(36-25(37-23)40-14-4-9-41(38)10-5-14)20(28)21(35-24(17)39-12)15-11-16(32)19(27)13(2)18(15)26(29,30)31/h11-12,14,33H,3-10,32H2,1-2H3,(H,34,36,37). The number of nitrogens with zero attached hydrogens (tertiary/aromatic N) is 3. The van der Waals surface area contributed by atoms with Gasteiger partial charge in [-0.25, -0.2) is 13.8 Å². The van der Waals surface area contributed by atoms with Gasteiger partial charge in [0.15, 0.2) is 5.82 Å². The Morgan fingerprint density at radius 1 is 1.07 bits per heavy atom. The molecule has 0 radical (unpaired) electrons. The Kier molecular flexibility index (Phi) is 8.19. The lowest BCUT2D eigenvalue weighted by molar-refractivity contribution is -0.137. The molecule has 0 aliphatic carbocycles. The number of nitrogen functional groups attached to an aromatic ring is 1. The Bertz CT molecular complexity index is 1500. The number of pyridine rings is 1. The monoisotopic (exact) mass is 600 g/mol. The normalized spacial score (nSPS) is 22.0. The molecule has 222 valence electrons. The summed E-state index contributed by atoms with van der Waals surface area (Å²) in [5, 5.41) is 6.35. The third-order valence-corrected chi connectivity index (χ3v) is 8.42. The van der Waals surface area contributed by atoms with E-state index < -0.39 is 62.8 Å². The van der Waals surface area contributed by atoms with Crippen molar-refractivity contribution < 1.29 is 35.6 Å². The first-order valence-corrected chi connectivity index (χ1v) is 14.6. The van der Waals surface area contributed by atoms with E-state index in [-0.39, 0.29) is 34.7 Å². The van der Waals surface area contributed by atoms with Crippen molar-refractivity contribution in [3.05, 3.63) is 28.8 Å². The molecule has 0 bridgehead atoms. The first-order valence-electron chi connectivity index (χ1n) is 13.1. The van der Waals surface area contributed by atoms with Gasteiger partial charge in [0.1, 0.15) is 34.3 Å². The lowest BCUT2D eigenvalue weighted by atomic mass is 9.96. The maximum Gasteiger partial charge on any atom is 0.417 e. The van der Waals surface area contributed by atoms with Crippen molar-refractivity contribution >= 4 is 33.2 Å². The molecule has 1 unspecified atom stereocenters. The Morgan fingerprint density at radius 2 is 1.80 bits per heavy atom. The Morgan fingerprint density at radius 3 is 2.51 bits per heavy atom. The van der Waals surface area contributed by atoms with Crippen molar-refractivity contribution in [2.75, 3.05) is 42.2 Å². The summed E-state index contributed by atoms with van der Waals surface area (Å²) in [6, 6.07) is 0.509. The highest BCUT2D eigenvalue weighted by Gasteiger charge is 2.39. The van der Waals surface area contributed by atoms with Crippen molar-refractivity contribution in [3.8, 4) is 23.1 Å². The Balaban J connectivity index is 1.77. The minimum atomic E-state index is -5.05. The average molecular weight is 601 g/mol. The Hall–Kier alpha value is -3.33. The van der Waals surface area contributed by atoms with Gasteiger partial charge in [-0.2, -0.15) is 23.1 Å². The predicted molar refractivity (Wildman–Crippen MR) is 144 cm³/mol. The van der Waals surface area contributed by atoms with Gasteiger partial charge in [0.2, 0.25) is 5.88 Å². The zero-order valence-electron chi connectivity index (χ0n) is 22.3. The third-order valence-electron chi connectivity index (χ3n) is 7.04. The summed E-state index contributed by atoms with van der Waals surface area (Å²) < 4.78 is 97.3. The molecule has 0 amide bonds. The number of rotatable bonds is 3.